The Morgan fingerprint density at radius 3 is 1.56 bits per heavy atom. The first kappa shape index (κ1) is 26.3. The molecule has 0 aromatic heterocycles. The summed E-state index contributed by atoms with van der Waals surface area (Å²) in [7, 11) is 0. The number of thioether (sulfide) groups is 1. The second-order valence-electron chi connectivity index (χ2n) is 7.03. The van der Waals surface area contributed by atoms with Crippen LogP contribution in [0.4, 0.5) is 0 Å². The Bertz CT molecular complexity index is 347. The first-order valence-corrected chi connectivity index (χ1v) is 12.2. The van der Waals surface area contributed by atoms with Gasteiger partial charge in [0.1, 0.15) is 0 Å². The molecule has 0 aromatic rings. The second-order valence-corrected chi connectivity index (χ2v) is 8.25. The zero-order chi connectivity index (χ0) is 20.0. The van der Waals surface area contributed by atoms with Crippen LogP contribution in [-0.4, -0.2) is 36.7 Å². The number of hydrogen-bond donors (Lipinski definition) is 0. The molecule has 0 unspecified atom stereocenters. The summed E-state index contributed by atoms with van der Waals surface area (Å²) in [5, 5.41) is 0. The topological polar surface area (TPSA) is 52.6 Å². The first-order chi connectivity index (χ1) is 13.2. The van der Waals surface area contributed by atoms with Gasteiger partial charge < -0.3 is 9.47 Å². The molecular weight excluding hydrogens is 360 g/mol. The van der Waals surface area contributed by atoms with E-state index in [1.54, 1.807) is 18.7 Å². The third-order valence-electron chi connectivity index (χ3n) is 4.47. The van der Waals surface area contributed by atoms with Gasteiger partial charge in [-0.2, -0.15) is 11.8 Å². The van der Waals surface area contributed by atoms with Gasteiger partial charge in [-0.15, -0.1) is 0 Å². The largest absolute Gasteiger partial charge is 0.466 e. The van der Waals surface area contributed by atoms with Gasteiger partial charge >= 0.3 is 11.9 Å². The van der Waals surface area contributed by atoms with Crippen molar-refractivity contribution < 1.29 is 19.1 Å². The highest BCUT2D eigenvalue weighted by molar-refractivity contribution is 7.99. The molecule has 0 spiro atoms. The number of hydrogen-bond acceptors (Lipinski definition) is 5. The summed E-state index contributed by atoms with van der Waals surface area (Å²) in [6.45, 7) is 5.03. The molecule has 0 rings (SSSR count). The monoisotopic (exact) mass is 402 g/mol. The lowest BCUT2D eigenvalue weighted by Gasteiger charge is -2.05. The van der Waals surface area contributed by atoms with Crippen molar-refractivity contribution in [2.45, 2.75) is 104 Å². The molecule has 0 bridgehead atoms. The lowest BCUT2D eigenvalue weighted by atomic mass is 10.1. The molecule has 160 valence electrons. The highest BCUT2D eigenvalue weighted by Crippen LogP contribution is 2.12. The molecule has 27 heavy (non-hydrogen) atoms. The molecule has 0 fully saturated rings. The Morgan fingerprint density at radius 2 is 1.07 bits per heavy atom. The summed E-state index contributed by atoms with van der Waals surface area (Å²) in [6.07, 6.45) is 16.5. The Hall–Kier alpha value is -0.710. The average molecular weight is 403 g/mol. The van der Waals surface area contributed by atoms with E-state index >= 15 is 0 Å². The molecule has 0 radical (unpaired) electrons. The molecule has 0 atom stereocenters. The normalized spacial score (nSPS) is 10.7. The van der Waals surface area contributed by atoms with Gasteiger partial charge in [-0.1, -0.05) is 77.6 Å². The van der Waals surface area contributed by atoms with Gasteiger partial charge in [0.2, 0.25) is 0 Å². The van der Waals surface area contributed by atoms with Crippen molar-refractivity contribution in [3.63, 3.8) is 0 Å². The lowest BCUT2D eigenvalue weighted by Crippen LogP contribution is -2.08. The minimum Gasteiger partial charge on any atom is -0.466 e. The Kier molecular flexibility index (Phi) is 21.0. The van der Waals surface area contributed by atoms with Crippen LogP contribution in [0.1, 0.15) is 104 Å². The highest BCUT2D eigenvalue weighted by atomic mass is 32.2. The van der Waals surface area contributed by atoms with Crippen molar-refractivity contribution in [1.29, 1.82) is 0 Å². The molecule has 4 nitrogen and oxygen atoms in total. The molecule has 0 saturated carbocycles. The molecule has 5 heteroatoms. The number of carbonyl (C=O) groups excluding carboxylic acids is 2. The van der Waals surface area contributed by atoms with Crippen molar-refractivity contribution >= 4 is 23.7 Å². The zero-order valence-electron chi connectivity index (χ0n) is 17.8. The third-order valence-corrected chi connectivity index (χ3v) is 5.45. The summed E-state index contributed by atoms with van der Waals surface area (Å²) >= 11 is 1.60. The zero-order valence-corrected chi connectivity index (χ0v) is 18.6. The molecule has 0 saturated heterocycles. The number of rotatable bonds is 20. The van der Waals surface area contributed by atoms with Crippen molar-refractivity contribution in [2.24, 2.45) is 0 Å². The first-order valence-electron chi connectivity index (χ1n) is 11.1. The average Bonchev–Trinajstić information content (AvgIpc) is 2.65. The van der Waals surface area contributed by atoms with Crippen LogP contribution < -0.4 is 0 Å². The maximum absolute atomic E-state index is 11.6. The summed E-state index contributed by atoms with van der Waals surface area (Å²) in [4.78, 5) is 22.8. The van der Waals surface area contributed by atoms with Gasteiger partial charge in [0, 0.05) is 11.5 Å². The van der Waals surface area contributed by atoms with Gasteiger partial charge in [0.05, 0.1) is 26.1 Å². The van der Waals surface area contributed by atoms with Gasteiger partial charge in [0.15, 0.2) is 0 Å². The van der Waals surface area contributed by atoms with Gasteiger partial charge in [-0.25, -0.2) is 0 Å². The molecule has 0 aliphatic heterocycles. The number of ether oxygens (including phenoxy) is 2. The van der Waals surface area contributed by atoms with Crippen molar-refractivity contribution in [3.8, 4) is 0 Å². The van der Waals surface area contributed by atoms with Crippen LogP contribution in [0, 0.1) is 0 Å². The second kappa shape index (κ2) is 21.6. The van der Waals surface area contributed by atoms with Crippen LogP contribution in [0.15, 0.2) is 0 Å². The van der Waals surface area contributed by atoms with Gasteiger partial charge in [0.25, 0.3) is 0 Å². The van der Waals surface area contributed by atoms with E-state index in [9.17, 15) is 9.59 Å². The van der Waals surface area contributed by atoms with Gasteiger partial charge in [-0.05, 0) is 13.3 Å². The highest BCUT2D eigenvalue weighted by Gasteiger charge is 2.05. The number of carbonyl (C=O) groups is 2. The van der Waals surface area contributed by atoms with Crippen LogP contribution >= 0.6 is 11.8 Å². The summed E-state index contributed by atoms with van der Waals surface area (Å²) in [5.74, 6) is 1.11. The van der Waals surface area contributed by atoms with E-state index in [0.29, 0.717) is 37.6 Å². The Morgan fingerprint density at radius 1 is 0.630 bits per heavy atom. The Balaban J connectivity index is 3.20. The van der Waals surface area contributed by atoms with Crippen LogP contribution in [0.3, 0.4) is 0 Å². The predicted octanol–water partition coefficient (Wildman–Crippen LogP) is 6.31. The van der Waals surface area contributed by atoms with E-state index in [-0.39, 0.29) is 11.9 Å². The van der Waals surface area contributed by atoms with Crippen molar-refractivity contribution in [3.05, 3.63) is 0 Å². The fraction of sp³-hybridized carbons (Fsp3) is 0.909. The smallest absolute Gasteiger partial charge is 0.306 e. The number of esters is 2. The van der Waals surface area contributed by atoms with Crippen LogP contribution in [0.5, 0.6) is 0 Å². The van der Waals surface area contributed by atoms with E-state index < -0.39 is 0 Å². The van der Waals surface area contributed by atoms with Crippen molar-refractivity contribution in [2.75, 3.05) is 24.7 Å². The molecular formula is C22H42O4S. The van der Waals surface area contributed by atoms with Crippen molar-refractivity contribution in [1.82, 2.24) is 0 Å². The minimum atomic E-state index is -0.167. The molecule has 0 aliphatic carbocycles. The SMILES string of the molecule is CCCCCCCCCCCCCCOC(=O)CCSCCC(=O)OCC. The fourth-order valence-corrected chi connectivity index (χ4v) is 3.67. The molecule has 0 heterocycles. The van der Waals surface area contributed by atoms with Gasteiger partial charge in [-0.3, -0.25) is 9.59 Å². The predicted molar refractivity (Wildman–Crippen MR) is 115 cm³/mol. The fourth-order valence-electron chi connectivity index (χ4n) is 2.85. The van der Waals surface area contributed by atoms with E-state index in [1.165, 1.54) is 64.2 Å². The molecule has 0 aliphatic rings. The third kappa shape index (κ3) is 21.4. The molecule has 0 N–H and O–H groups in total. The summed E-state index contributed by atoms with van der Waals surface area (Å²) < 4.78 is 10.1. The quantitative estimate of drug-likeness (QED) is 0.176. The maximum Gasteiger partial charge on any atom is 0.306 e. The minimum absolute atomic E-state index is 0.123. The number of unbranched alkanes of at least 4 members (excludes halogenated alkanes) is 11. The van der Waals surface area contributed by atoms with Crippen LogP contribution in [0.2, 0.25) is 0 Å². The summed E-state index contributed by atoms with van der Waals surface area (Å²) in [5.41, 5.74) is 0. The maximum atomic E-state index is 11.6. The van der Waals surface area contributed by atoms with E-state index in [2.05, 4.69) is 6.92 Å². The van der Waals surface area contributed by atoms with E-state index in [0.717, 1.165) is 12.8 Å². The summed E-state index contributed by atoms with van der Waals surface area (Å²) in [6, 6.07) is 0. The molecule has 0 amide bonds. The van der Waals surface area contributed by atoms with Crippen LogP contribution in [0.25, 0.3) is 0 Å². The lowest BCUT2D eigenvalue weighted by molar-refractivity contribution is -0.143. The van der Waals surface area contributed by atoms with Crippen LogP contribution in [-0.2, 0) is 19.1 Å². The van der Waals surface area contributed by atoms with E-state index in [1.807, 2.05) is 0 Å². The molecule has 0 aromatic carbocycles. The standard InChI is InChI=1S/C22H42O4S/c1-3-5-6-7-8-9-10-11-12-13-14-15-18-26-22(24)17-20-27-19-16-21(23)25-4-2/h3-20H2,1-2H3. The van der Waals surface area contributed by atoms with E-state index in [4.69, 9.17) is 9.47 Å². The Labute approximate surface area is 171 Å².